The van der Waals surface area contributed by atoms with Crippen molar-refractivity contribution in [2.45, 2.75) is 13.3 Å². The second-order valence-electron chi connectivity index (χ2n) is 4.67. The quantitative estimate of drug-likeness (QED) is 0.805. The van der Waals surface area contributed by atoms with Crippen molar-refractivity contribution < 1.29 is 4.79 Å². The number of aryl methyl sites for hydroxylation is 1. The Morgan fingerprint density at radius 3 is 2.78 bits per heavy atom. The lowest BCUT2D eigenvalue weighted by molar-refractivity contribution is -0.125. The third-order valence-corrected chi connectivity index (χ3v) is 3.15. The Morgan fingerprint density at radius 2 is 2.00 bits per heavy atom. The minimum Gasteiger partial charge on any atom is -0.338 e. The van der Waals surface area contributed by atoms with Gasteiger partial charge in [-0.05, 0) is 31.5 Å². The largest absolute Gasteiger partial charge is 0.338 e. The van der Waals surface area contributed by atoms with Gasteiger partial charge in [-0.15, -0.1) is 0 Å². The molecule has 0 bridgehead atoms. The van der Waals surface area contributed by atoms with Gasteiger partial charge in [0.1, 0.15) is 0 Å². The van der Waals surface area contributed by atoms with Gasteiger partial charge < -0.3 is 10.2 Å². The minimum atomic E-state index is 0.110. The maximum Gasteiger partial charge on any atom is 0.246 e. The van der Waals surface area contributed by atoms with Crippen LogP contribution in [0, 0.1) is 6.92 Å². The summed E-state index contributed by atoms with van der Waals surface area (Å²) in [6.45, 7) is 5.61. The molecule has 1 aliphatic heterocycles. The average molecular weight is 244 g/mol. The van der Waals surface area contributed by atoms with E-state index in [2.05, 4.69) is 24.4 Å². The Morgan fingerprint density at radius 1 is 1.22 bits per heavy atom. The molecule has 0 spiro atoms. The summed E-state index contributed by atoms with van der Waals surface area (Å²) in [5, 5.41) is 3.29. The topological polar surface area (TPSA) is 32.3 Å². The van der Waals surface area contributed by atoms with E-state index in [9.17, 15) is 4.79 Å². The molecule has 0 radical (unpaired) electrons. The van der Waals surface area contributed by atoms with Gasteiger partial charge in [-0.2, -0.15) is 0 Å². The fraction of sp³-hybridized carbons (Fsp3) is 0.400. The van der Waals surface area contributed by atoms with Crippen molar-refractivity contribution in [2.75, 3.05) is 26.2 Å². The van der Waals surface area contributed by atoms with Crippen molar-refractivity contribution in [1.29, 1.82) is 0 Å². The molecular formula is C15H20N2O. The van der Waals surface area contributed by atoms with E-state index in [4.69, 9.17) is 0 Å². The predicted molar refractivity (Wildman–Crippen MR) is 74.3 cm³/mol. The van der Waals surface area contributed by atoms with E-state index in [0.717, 1.165) is 38.2 Å². The highest BCUT2D eigenvalue weighted by atomic mass is 16.2. The molecule has 0 unspecified atom stereocenters. The van der Waals surface area contributed by atoms with Crippen LogP contribution in [0.3, 0.4) is 0 Å². The number of hydrogen-bond acceptors (Lipinski definition) is 2. The molecule has 3 nitrogen and oxygen atoms in total. The van der Waals surface area contributed by atoms with Gasteiger partial charge in [-0.3, -0.25) is 4.79 Å². The molecule has 0 aliphatic carbocycles. The Hall–Kier alpha value is -1.61. The number of carbonyl (C=O) groups is 1. The first-order valence-electron chi connectivity index (χ1n) is 6.50. The molecule has 1 fully saturated rings. The summed E-state index contributed by atoms with van der Waals surface area (Å²) in [6.07, 6.45) is 4.60. The smallest absolute Gasteiger partial charge is 0.246 e. The molecule has 0 atom stereocenters. The first-order valence-corrected chi connectivity index (χ1v) is 6.50. The van der Waals surface area contributed by atoms with Crippen LogP contribution in [-0.4, -0.2) is 37.0 Å². The monoisotopic (exact) mass is 244 g/mol. The molecule has 96 valence electrons. The standard InChI is InChI=1S/C15H20N2O/c1-13-3-5-14(6-4-13)7-8-15(18)17-11-2-9-16-10-12-17/h3-8,16H,2,9-12H2,1H3/b8-7+. The van der Waals surface area contributed by atoms with Crippen LogP contribution in [0.2, 0.25) is 0 Å². The lowest BCUT2D eigenvalue weighted by atomic mass is 10.1. The number of carbonyl (C=O) groups excluding carboxylic acids is 1. The maximum absolute atomic E-state index is 12.0. The van der Waals surface area contributed by atoms with E-state index in [1.807, 2.05) is 23.1 Å². The molecule has 1 aromatic carbocycles. The zero-order valence-corrected chi connectivity index (χ0v) is 10.9. The van der Waals surface area contributed by atoms with Crippen LogP contribution in [0.25, 0.3) is 6.08 Å². The minimum absolute atomic E-state index is 0.110. The fourth-order valence-corrected chi connectivity index (χ4v) is 2.02. The van der Waals surface area contributed by atoms with Crippen LogP contribution in [0.4, 0.5) is 0 Å². The molecule has 18 heavy (non-hydrogen) atoms. The molecule has 1 heterocycles. The maximum atomic E-state index is 12.0. The van der Waals surface area contributed by atoms with Crippen molar-refractivity contribution in [3.8, 4) is 0 Å². The van der Waals surface area contributed by atoms with Crippen molar-refractivity contribution in [1.82, 2.24) is 10.2 Å². The number of benzene rings is 1. The van der Waals surface area contributed by atoms with Gasteiger partial charge in [-0.25, -0.2) is 0 Å². The number of amides is 1. The highest BCUT2D eigenvalue weighted by molar-refractivity contribution is 5.91. The number of nitrogens with one attached hydrogen (secondary N) is 1. The van der Waals surface area contributed by atoms with E-state index < -0.39 is 0 Å². The summed E-state index contributed by atoms with van der Waals surface area (Å²) >= 11 is 0. The summed E-state index contributed by atoms with van der Waals surface area (Å²) in [7, 11) is 0. The fourth-order valence-electron chi connectivity index (χ4n) is 2.02. The lowest BCUT2D eigenvalue weighted by Crippen LogP contribution is -2.32. The van der Waals surface area contributed by atoms with E-state index in [1.54, 1.807) is 6.08 Å². The molecule has 1 aliphatic rings. The molecule has 3 heteroatoms. The Kier molecular flexibility index (Phi) is 4.53. The van der Waals surface area contributed by atoms with E-state index >= 15 is 0 Å². The van der Waals surface area contributed by atoms with E-state index in [1.165, 1.54) is 5.56 Å². The van der Waals surface area contributed by atoms with Gasteiger partial charge >= 0.3 is 0 Å². The number of hydrogen-bond donors (Lipinski definition) is 1. The van der Waals surface area contributed by atoms with Crippen LogP contribution in [0.5, 0.6) is 0 Å². The van der Waals surface area contributed by atoms with Crippen LogP contribution in [0.15, 0.2) is 30.3 Å². The normalized spacial score (nSPS) is 16.8. The van der Waals surface area contributed by atoms with Crippen LogP contribution in [0.1, 0.15) is 17.5 Å². The van der Waals surface area contributed by atoms with Gasteiger partial charge in [0.15, 0.2) is 0 Å². The summed E-state index contributed by atoms with van der Waals surface area (Å²) < 4.78 is 0. The molecule has 1 aromatic rings. The first-order chi connectivity index (χ1) is 8.75. The third kappa shape index (κ3) is 3.70. The van der Waals surface area contributed by atoms with Crippen molar-refractivity contribution >= 4 is 12.0 Å². The van der Waals surface area contributed by atoms with Crippen molar-refractivity contribution in [3.05, 3.63) is 41.5 Å². The van der Waals surface area contributed by atoms with Gasteiger partial charge in [-0.1, -0.05) is 29.8 Å². The van der Waals surface area contributed by atoms with Gasteiger partial charge in [0.2, 0.25) is 5.91 Å². The Labute approximate surface area is 108 Å². The summed E-state index contributed by atoms with van der Waals surface area (Å²) in [5.74, 6) is 0.110. The average Bonchev–Trinajstić information content (AvgIpc) is 2.66. The lowest BCUT2D eigenvalue weighted by Gasteiger charge is -2.17. The molecular weight excluding hydrogens is 224 g/mol. The second kappa shape index (κ2) is 6.36. The zero-order chi connectivity index (χ0) is 12.8. The Bertz CT molecular complexity index is 415. The number of nitrogens with zero attached hydrogens (tertiary/aromatic N) is 1. The summed E-state index contributed by atoms with van der Waals surface area (Å²) in [6, 6.07) is 8.17. The van der Waals surface area contributed by atoms with Crippen LogP contribution >= 0.6 is 0 Å². The highest BCUT2D eigenvalue weighted by Crippen LogP contribution is 2.06. The van der Waals surface area contributed by atoms with E-state index in [-0.39, 0.29) is 5.91 Å². The van der Waals surface area contributed by atoms with Gasteiger partial charge in [0.05, 0.1) is 0 Å². The Balaban J connectivity index is 1.95. The van der Waals surface area contributed by atoms with Gasteiger partial charge in [0.25, 0.3) is 0 Å². The number of rotatable bonds is 2. The van der Waals surface area contributed by atoms with Crippen LogP contribution < -0.4 is 5.32 Å². The van der Waals surface area contributed by atoms with Crippen molar-refractivity contribution in [2.24, 2.45) is 0 Å². The van der Waals surface area contributed by atoms with Crippen molar-refractivity contribution in [3.63, 3.8) is 0 Å². The first kappa shape index (κ1) is 12.8. The summed E-state index contributed by atoms with van der Waals surface area (Å²) in [4.78, 5) is 13.9. The SMILES string of the molecule is Cc1ccc(/C=C/C(=O)N2CCCNCC2)cc1. The molecule has 2 rings (SSSR count). The molecule has 1 saturated heterocycles. The summed E-state index contributed by atoms with van der Waals surface area (Å²) in [5.41, 5.74) is 2.30. The van der Waals surface area contributed by atoms with Crippen LogP contribution in [-0.2, 0) is 4.79 Å². The molecule has 1 amide bonds. The molecule has 0 aromatic heterocycles. The third-order valence-electron chi connectivity index (χ3n) is 3.15. The molecule has 0 saturated carbocycles. The van der Waals surface area contributed by atoms with E-state index in [0.29, 0.717) is 0 Å². The van der Waals surface area contributed by atoms with Gasteiger partial charge in [0, 0.05) is 25.7 Å². The zero-order valence-electron chi connectivity index (χ0n) is 10.9. The molecule has 1 N–H and O–H groups in total. The highest BCUT2D eigenvalue weighted by Gasteiger charge is 2.11. The second-order valence-corrected chi connectivity index (χ2v) is 4.67. The predicted octanol–water partition coefficient (Wildman–Crippen LogP) is 1.83.